The SMILES string of the molecule is CCOc1ccc(-n2c(SCC(=O)NC)nnc2-c2ccc(OC)cc2)cc1. The lowest BCUT2D eigenvalue weighted by molar-refractivity contribution is -0.118. The maximum absolute atomic E-state index is 11.7. The first-order chi connectivity index (χ1) is 13.7. The molecule has 0 fully saturated rings. The van der Waals surface area contributed by atoms with E-state index >= 15 is 0 Å². The number of methoxy groups -OCH3 is 1. The van der Waals surface area contributed by atoms with Crippen LogP contribution in [0.1, 0.15) is 6.92 Å². The molecule has 1 heterocycles. The van der Waals surface area contributed by atoms with Gasteiger partial charge >= 0.3 is 0 Å². The first-order valence-electron chi connectivity index (χ1n) is 8.82. The van der Waals surface area contributed by atoms with Crippen molar-refractivity contribution in [2.75, 3.05) is 26.5 Å². The number of amides is 1. The van der Waals surface area contributed by atoms with Gasteiger partial charge in [0.25, 0.3) is 0 Å². The Morgan fingerprint density at radius 3 is 2.36 bits per heavy atom. The van der Waals surface area contributed by atoms with Crippen LogP contribution in [0.5, 0.6) is 11.5 Å². The van der Waals surface area contributed by atoms with Gasteiger partial charge in [-0.3, -0.25) is 9.36 Å². The summed E-state index contributed by atoms with van der Waals surface area (Å²) in [5.41, 5.74) is 1.78. The summed E-state index contributed by atoms with van der Waals surface area (Å²) in [5.74, 6) is 2.44. The van der Waals surface area contributed by atoms with Gasteiger partial charge in [-0.25, -0.2) is 0 Å². The summed E-state index contributed by atoms with van der Waals surface area (Å²) in [5, 5.41) is 11.9. The van der Waals surface area contributed by atoms with Gasteiger partial charge in [-0.15, -0.1) is 10.2 Å². The molecule has 8 heteroatoms. The monoisotopic (exact) mass is 398 g/mol. The van der Waals surface area contributed by atoms with E-state index in [1.807, 2.05) is 60.0 Å². The molecule has 1 N–H and O–H groups in total. The van der Waals surface area contributed by atoms with E-state index in [1.54, 1.807) is 14.2 Å². The summed E-state index contributed by atoms with van der Waals surface area (Å²) in [6, 6.07) is 15.3. The van der Waals surface area contributed by atoms with Crippen LogP contribution in [0.25, 0.3) is 17.1 Å². The van der Waals surface area contributed by atoms with Crippen LogP contribution < -0.4 is 14.8 Å². The minimum atomic E-state index is -0.0720. The van der Waals surface area contributed by atoms with E-state index in [0.29, 0.717) is 17.6 Å². The molecule has 0 aliphatic carbocycles. The predicted molar refractivity (Wildman–Crippen MR) is 109 cm³/mol. The summed E-state index contributed by atoms with van der Waals surface area (Å²) < 4.78 is 12.7. The van der Waals surface area contributed by atoms with E-state index in [1.165, 1.54) is 11.8 Å². The van der Waals surface area contributed by atoms with Crippen LogP contribution in [-0.4, -0.2) is 47.2 Å². The molecule has 0 aliphatic rings. The molecule has 0 bridgehead atoms. The minimum absolute atomic E-state index is 0.0720. The van der Waals surface area contributed by atoms with Crippen molar-refractivity contribution in [1.29, 1.82) is 0 Å². The highest BCUT2D eigenvalue weighted by Crippen LogP contribution is 2.29. The van der Waals surface area contributed by atoms with E-state index in [4.69, 9.17) is 9.47 Å². The third-order valence-electron chi connectivity index (χ3n) is 4.00. The summed E-state index contributed by atoms with van der Waals surface area (Å²) in [6.45, 7) is 2.55. The zero-order valence-electron chi connectivity index (χ0n) is 16.0. The van der Waals surface area contributed by atoms with E-state index in [0.717, 1.165) is 22.7 Å². The maximum Gasteiger partial charge on any atom is 0.230 e. The van der Waals surface area contributed by atoms with Gasteiger partial charge in [0.1, 0.15) is 11.5 Å². The topological polar surface area (TPSA) is 78.3 Å². The smallest absolute Gasteiger partial charge is 0.230 e. The fraction of sp³-hybridized carbons (Fsp3) is 0.250. The van der Waals surface area contributed by atoms with Gasteiger partial charge in [-0.05, 0) is 55.5 Å². The number of aromatic nitrogens is 3. The van der Waals surface area contributed by atoms with Gasteiger partial charge in [0, 0.05) is 18.3 Å². The molecule has 0 unspecified atom stereocenters. The standard InChI is InChI=1S/C20H22N4O3S/c1-4-27-17-11-7-15(8-12-17)24-19(14-5-9-16(26-3)10-6-14)22-23-20(24)28-13-18(25)21-2/h5-12H,4,13H2,1-3H3,(H,21,25). The predicted octanol–water partition coefficient (Wildman–Crippen LogP) is 3.18. The highest BCUT2D eigenvalue weighted by Gasteiger charge is 2.17. The zero-order chi connectivity index (χ0) is 19.9. The number of hydrogen-bond acceptors (Lipinski definition) is 6. The van der Waals surface area contributed by atoms with Gasteiger partial charge in [0.15, 0.2) is 11.0 Å². The lowest BCUT2D eigenvalue weighted by Crippen LogP contribution is -2.20. The van der Waals surface area contributed by atoms with Gasteiger partial charge in [-0.2, -0.15) is 0 Å². The van der Waals surface area contributed by atoms with E-state index in [9.17, 15) is 4.79 Å². The third kappa shape index (κ3) is 4.45. The number of benzene rings is 2. The Balaban J connectivity index is 2.01. The Hall–Kier alpha value is -3.00. The Kier molecular flexibility index (Phi) is 6.54. The van der Waals surface area contributed by atoms with Gasteiger partial charge in [-0.1, -0.05) is 11.8 Å². The number of hydrogen-bond donors (Lipinski definition) is 1. The average molecular weight is 398 g/mol. The molecule has 0 saturated heterocycles. The summed E-state index contributed by atoms with van der Waals surface area (Å²) in [7, 11) is 3.24. The molecular weight excluding hydrogens is 376 g/mol. The van der Waals surface area contributed by atoms with Gasteiger partial charge in [0.2, 0.25) is 5.91 Å². The molecule has 7 nitrogen and oxygen atoms in total. The number of nitrogens with zero attached hydrogens (tertiary/aromatic N) is 3. The summed E-state index contributed by atoms with van der Waals surface area (Å²) in [4.78, 5) is 11.7. The molecule has 28 heavy (non-hydrogen) atoms. The molecule has 0 radical (unpaired) electrons. The number of rotatable bonds is 8. The molecule has 2 aromatic carbocycles. The van der Waals surface area contributed by atoms with Crippen molar-refractivity contribution in [3.63, 3.8) is 0 Å². The van der Waals surface area contributed by atoms with E-state index in [2.05, 4.69) is 15.5 Å². The summed E-state index contributed by atoms with van der Waals surface area (Å²) in [6.07, 6.45) is 0. The lowest BCUT2D eigenvalue weighted by atomic mass is 10.2. The Bertz CT molecular complexity index is 924. The van der Waals surface area contributed by atoms with Crippen molar-refractivity contribution in [1.82, 2.24) is 20.1 Å². The second-order valence-electron chi connectivity index (χ2n) is 5.76. The average Bonchev–Trinajstić information content (AvgIpc) is 3.16. The molecule has 146 valence electrons. The van der Waals surface area contributed by atoms with Gasteiger partial charge < -0.3 is 14.8 Å². The number of thioether (sulfide) groups is 1. The van der Waals surface area contributed by atoms with Crippen molar-refractivity contribution in [2.24, 2.45) is 0 Å². The lowest BCUT2D eigenvalue weighted by Gasteiger charge is -2.11. The molecule has 0 saturated carbocycles. The third-order valence-corrected chi connectivity index (χ3v) is 4.93. The summed E-state index contributed by atoms with van der Waals surface area (Å²) >= 11 is 1.33. The molecule has 3 rings (SSSR count). The Morgan fingerprint density at radius 1 is 1.07 bits per heavy atom. The first-order valence-corrected chi connectivity index (χ1v) is 9.81. The highest BCUT2D eigenvalue weighted by molar-refractivity contribution is 7.99. The maximum atomic E-state index is 11.7. The zero-order valence-corrected chi connectivity index (χ0v) is 16.8. The van der Waals surface area contributed by atoms with Crippen LogP contribution in [-0.2, 0) is 4.79 Å². The van der Waals surface area contributed by atoms with Crippen molar-refractivity contribution in [2.45, 2.75) is 12.1 Å². The molecule has 0 spiro atoms. The molecule has 1 aromatic heterocycles. The molecular formula is C20H22N4O3S. The first kappa shape index (κ1) is 19.8. The van der Waals surface area contributed by atoms with Crippen LogP contribution in [0, 0.1) is 0 Å². The largest absolute Gasteiger partial charge is 0.497 e. The van der Waals surface area contributed by atoms with Crippen LogP contribution >= 0.6 is 11.8 Å². The fourth-order valence-corrected chi connectivity index (χ4v) is 3.41. The van der Waals surface area contributed by atoms with E-state index < -0.39 is 0 Å². The number of ether oxygens (including phenoxy) is 2. The second kappa shape index (κ2) is 9.27. The molecule has 3 aromatic rings. The van der Waals surface area contributed by atoms with Crippen LogP contribution in [0.3, 0.4) is 0 Å². The number of nitrogens with one attached hydrogen (secondary N) is 1. The van der Waals surface area contributed by atoms with Gasteiger partial charge in [0.05, 0.1) is 19.5 Å². The molecule has 0 atom stereocenters. The number of carbonyl (C=O) groups excluding carboxylic acids is 1. The fourth-order valence-electron chi connectivity index (χ4n) is 2.58. The van der Waals surface area contributed by atoms with Crippen molar-refractivity contribution >= 4 is 17.7 Å². The quantitative estimate of drug-likeness (QED) is 0.587. The Labute approximate surface area is 168 Å². The van der Waals surface area contributed by atoms with Crippen molar-refractivity contribution in [3.8, 4) is 28.6 Å². The molecule has 0 aliphatic heterocycles. The van der Waals surface area contributed by atoms with E-state index in [-0.39, 0.29) is 11.7 Å². The Morgan fingerprint density at radius 2 is 1.75 bits per heavy atom. The highest BCUT2D eigenvalue weighted by atomic mass is 32.2. The minimum Gasteiger partial charge on any atom is -0.497 e. The van der Waals surface area contributed by atoms with Crippen LogP contribution in [0.15, 0.2) is 53.7 Å². The van der Waals surface area contributed by atoms with Crippen LogP contribution in [0.4, 0.5) is 0 Å². The van der Waals surface area contributed by atoms with Crippen LogP contribution in [0.2, 0.25) is 0 Å². The van der Waals surface area contributed by atoms with Crippen molar-refractivity contribution in [3.05, 3.63) is 48.5 Å². The van der Waals surface area contributed by atoms with Crippen molar-refractivity contribution < 1.29 is 14.3 Å². The normalized spacial score (nSPS) is 10.5. The second-order valence-corrected chi connectivity index (χ2v) is 6.70. The number of carbonyl (C=O) groups is 1. The molecule has 1 amide bonds.